The van der Waals surface area contributed by atoms with Crippen molar-refractivity contribution in [2.24, 2.45) is 4.99 Å². The number of imidazole rings is 1. The maximum absolute atomic E-state index is 13.4. The average Bonchev–Trinajstić information content (AvgIpc) is 4.02. The Bertz CT molecular complexity index is 2750. The van der Waals surface area contributed by atoms with Gasteiger partial charge in [0.05, 0.1) is 58.6 Å². The third-order valence-corrected chi connectivity index (χ3v) is 11.6. The van der Waals surface area contributed by atoms with Crippen LogP contribution in [-0.2, 0) is 35.8 Å². The van der Waals surface area contributed by atoms with Gasteiger partial charge in [-0.15, -0.1) is 21.5 Å². The lowest BCUT2D eigenvalue weighted by atomic mass is 10.00. The lowest BCUT2D eigenvalue weighted by Crippen LogP contribution is -2.54. The summed E-state index contributed by atoms with van der Waals surface area (Å²) in [6.45, 7) is 5.88. The number of aromatic nitrogens is 7. The van der Waals surface area contributed by atoms with E-state index in [9.17, 15) is 19.2 Å². The summed E-state index contributed by atoms with van der Waals surface area (Å²) in [6.07, 6.45) is 7.44. The zero-order chi connectivity index (χ0) is 39.4. The molecule has 4 amide bonds. The van der Waals surface area contributed by atoms with E-state index >= 15 is 0 Å². The number of thiophene rings is 1. The summed E-state index contributed by atoms with van der Waals surface area (Å²) in [5.74, 6) is 6.05. The van der Waals surface area contributed by atoms with E-state index in [0.717, 1.165) is 60.1 Å². The quantitative estimate of drug-likeness (QED) is 0.167. The van der Waals surface area contributed by atoms with Gasteiger partial charge in [-0.1, -0.05) is 41.6 Å². The summed E-state index contributed by atoms with van der Waals surface area (Å²) in [7, 11) is 0. The number of nitrogens with zero attached hydrogens (tertiary/aromatic N) is 9. The third kappa shape index (κ3) is 6.60. The lowest BCUT2D eigenvalue weighted by molar-refractivity contribution is -0.136. The van der Waals surface area contributed by atoms with Crippen molar-refractivity contribution in [1.29, 1.82) is 0 Å². The average molecular weight is 798 g/mol. The zero-order valence-corrected chi connectivity index (χ0v) is 32.2. The summed E-state index contributed by atoms with van der Waals surface area (Å²) in [6, 6.07) is 11.6. The van der Waals surface area contributed by atoms with Crippen LogP contribution in [0.2, 0.25) is 5.02 Å². The van der Waals surface area contributed by atoms with Crippen LogP contribution in [-0.4, -0.2) is 74.4 Å². The van der Waals surface area contributed by atoms with Gasteiger partial charge in [-0.3, -0.25) is 43.6 Å². The number of nitrogens with one attached hydrogen (secondary N) is 2. The number of benzene rings is 2. The molecule has 2 N–H and O–H groups in total. The van der Waals surface area contributed by atoms with E-state index < -0.39 is 29.7 Å². The highest BCUT2D eigenvalue weighted by Gasteiger charge is 2.45. The summed E-state index contributed by atoms with van der Waals surface area (Å²) < 4.78 is 5.85. The maximum atomic E-state index is 13.4. The van der Waals surface area contributed by atoms with E-state index in [2.05, 4.69) is 54.2 Å². The molecular weight excluding hydrogens is 766 g/mol. The molecule has 7 heterocycles. The Morgan fingerprint density at radius 1 is 0.982 bits per heavy atom. The Balaban J connectivity index is 0.860. The summed E-state index contributed by atoms with van der Waals surface area (Å²) in [5, 5.41) is 20.3. The lowest BCUT2D eigenvalue weighted by Gasteiger charge is -2.27. The van der Waals surface area contributed by atoms with Gasteiger partial charge in [0, 0.05) is 47.2 Å². The van der Waals surface area contributed by atoms with Crippen molar-refractivity contribution in [2.75, 3.05) is 5.32 Å². The van der Waals surface area contributed by atoms with Gasteiger partial charge in [0.1, 0.15) is 23.4 Å². The number of halogens is 1. The Hall–Kier alpha value is -6.70. The number of aryl methyl sites for hydroxylation is 3. The van der Waals surface area contributed by atoms with Gasteiger partial charge < -0.3 is 9.88 Å². The molecule has 0 spiro atoms. The Morgan fingerprint density at radius 2 is 1.82 bits per heavy atom. The van der Waals surface area contributed by atoms with Gasteiger partial charge >= 0.3 is 0 Å². The van der Waals surface area contributed by atoms with Gasteiger partial charge in [0.25, 0.3) is 11.8 Å². The normalized spacial score (nSPS) is 16.0. The van der Waals surface area contributed by atoms with E-state index in [1.54, 1.807) is 42.1 Å². The number of carbonyl (C=O) groups is 4. The number of fused-ring (bicyclic) bond motifs is 4. The molecule has 0 aliphatic carbocycles. The van der Waals surface area contributed by atoms with Gasteiger partial charge in [0.15, 0.2) is 5.82 Å². The van der Waals surface area contributed by atoms with Gasteiger partial charge in [0.2, 0.25) is 11.8 Å². The van der Waals surface area contributed by atoms with Crippen LogP contribution in [0.5, 0.6) is 0 Å². The van der Waals surface area contributed by atoms with Gasteiger partial charge in [-0.25, -0.2) is 4.98 Å². The van der Waals surface area contributed by atoms with Crippen LogP contribution < -0.4 is 10.6 Å². The van der Waals surface area contributed by atoms with Crippen LogP contribution >= 0.6 is 22.9 Å². The molecule has 6 aromatic rings. The van der Waals surface area contributed by atoms with Crippen molar-refractivity contribution in [1.82, 2.24) is 44.3 Å². The third-order valence-electron chi connectivity index (χ3n) is 10.1. The van der Waals surface area contributed by atoms with E-state index in [4.69, 9.17) is 16.6 Å². The zero-order valence-electron chi connectivity index (χ0n) is 30.6. The van der Waals surface area contributed by atoms with Crippen molar-refractivity contribution in [3.05, 3.63) is 128 Å². The summed E-state index contributed by atoms with van der Waals surface area (Å²) in [5.41, 5.74) is 6.24. The highest BCUT2D eigenvalue weighted by Crippen LogP contribution is 2.37. The molecule has 17 heteroatoms. The van der Waals surface area contributed by atoms with Crippen LogP contribution in [0.3, 0.4) is 0 Å². The van der Waals surface area contributed by atoms with Crippen molar-refractivity contribution in [3.63, 3.8) is 0 Å². The predicted molar refractivity (Wildman–Crippen MR) is 210 cm³/mol. The monoisotopic (exact) mass is 797 g/mol. The smallest absolute Gasteiger partial charge is 0.264 e. The van der Waals surface area contributed by atoms with Crippen LogP contribution in [0.25, 0.3) is 5.00 Å². The van der Waals surface area contributed by atoms with Crippen molar-refractivity contribution < 1.29 is 19.2 Å². The molecule has 9 rings (SSSR count). The second kappa shape index (κ2) is 14.4. The minimum absolute atomic E-state index is 0.0564. The molecule has 1 fully saturated rings. The number of rotatable bonds is 8. The second-order valence-corrected chi connectivity index (χ2v) is 15.2. The Labute approximate surface area is 334 Å². The van der Waals surface area contributed by atoms with Crippen LogP contribution in [0.1, 0.15) is 78.0 Å². The fourth-order valence-corrected chi connectivity index (χ4v) is 8.62. The fraction of sp³-hybridized carbons (Fsp3) is 0.225. The molecule has 0 bridgehead atoms. The van der Waals surface area contributed by atoms with E-state index in [1.807, 2.05) is 52.8 Å². The molecule has 57 heavy (non-hydrogen) atoms. The number of aliphatic imine (C=N–C) groups is 1. The number of hydrogen-bond acceptors (Lipinski definition) is 11. The standard InChI is InChI=1S/C40H32ClN11O4S/c1-22-31(57-40-34(22)36(25-7-9-26(41)10-8-25)43-18-32-48-47-23(2)51(32)40)12-6-24-16-45-50(19-24)15-14-49-20-27(44-21-49)17-42-29-5-3-4-28-35(29)39(56)52(38(28)55)30-11-13-33(53)46-37(30)54/h3-5,7-10,16,19-21,30,42H,11,13-15,17-18H2,1-2H3,(H,46,53,54). The molecule has 0 radical (unpaired) electrons. The summed E-state index contributed by atoms with van der Waals surface area (Å²) >= 11 is 7.79. The molecule has 3 aliphatic rings. The molecule has 1 atom stereocenters. The minimum atomic E-state index is -1.03. The molecule has 4 aromatic heterocycles. The number of imide groups is 2. The summed E-state index contributed by atoms with van der Waals surface area (Å²) in [4.78, 5) is 62.1. The maximum Gasteiger partial charge on any atom is 0.264 e. The minimum Gasteiger partial charge on any atom is -0.379 e. The molecule has 0 saturated carbocycles. The Kier molecular flexibility index (Phi) is 9.10. The Morgan fingerprint density at radius 3 is 2.65 bits per heavy atom. The first-order valence-electron chi connectivity index (χ1n) is 18.1. The molecule has 3 aliphatic heterocycles. The highest BCUT2D eigenvalue weighted by atomic mass is 35.5. The topological polar surface area (TPSA) is 174 Å². The number of amides is 4. The predicted octanol–water partition coefficient (Wildman–Crippen LogP) is 4.46. The number of hydrogen-bond donors (Lipinski definition) is 2. The molecule has 284 valence electrons. The number of carbonyl (C=O) groups excluding carboxylic acids is 4. The second-order valence-electron chi connectivity index (χ2n) is 13.8. The first kappa shape index (κ1) is 36.0. The van der Waals surface area contributed by atoms with Crippen molar-refractivity contribution >= 4 is 58.0 Å². The first-order chi connectivity index (χ1) is 27.6. The van der Waals surface area contributed by atoms with Crippen LogP contribution in [0, 0.1) is 25.7 Å². The van der Waals surface area contributed by atoms with Crippen LogP contribution in [0.15, 0.2) is 72.4 Å². The van der Waals surface area contributed by atoms with Gasteiger partial charge in [-0.05, 0) is 50.1 Å². The molecule has 15 nitrogen and oxygen atoms in total. The van der Waals surface area contributed by atoms with Crippen molar-refractivity contribution in [2.45, 2.75) is 58.9 Å². The number of anilines is 1. The molecule has 1 unspecified atom stereocenters. The van der Waals surface area contributed by atoms with E-state index in [-0.39, 0.29) is 24.0 Å². The fourth-order valence-electron chi connectivity index (χ4n) is 7.26. The number of piperidine rings is 1. The first-order valence-corrected chi connectivity index (χ1v) is 19.3. The largest absolute Gasteiger partial charge is 0.379 e. The van der Waals surface area contributed by atoms with Gasteiger partial charge in [-0.2, -0.15) is 5.10 Å². The molecular formula is C40H32ClN11O4S. The highest BCUT2D eigenvalue weighted by molar-refractivity contribution is 7.15. The SMILES string of the molecule is Cc1c(C#Cc2cnn(CCn3cnc(CNc4cccc5c4C(=O)N(C4CCC(=O)NC4=O)C5=O)c3)c2)sc2c1C(c1ccc(Cl)cc1)=NCc1nnc(C)n1-2. The van der Waals surface area contributed by atoms with Crippen molar-refractivity contribution in [3.8, 4) is 16.8 Å². The van der Waals surface area contributed by atoms with Crippen LogP contribution in [0.4, 0.5) is 5.69 Å². The van der Waals surface area contributed by atoms with E-state index in [1.165, 1.54) is 0 Å². The van der Waals surface area contributed by atoms with E-state index in [0.29, 0.717) is 36.9 Å². The molecule has 2 aromatic carbocycles. The molecule has 1 saturated heterocycles.